The van der Waals surface area contributed by atoms with Gasteiger partial charge in [0.25, 0.3) is 5.91 Å². The zero-order valence-corrected chi connectivity index (χ0v) is 16.9. The molecule has 0 unspecified atom stereocenters. The monoisotopic (exact) mass is 419 g/mol. The van der Waals surface area contributed by atoms with Gasteiger partial charge in [-0.1, -0.05) is 30.3 Å². The summed E-state index contributed by atoms with van der Waals surface area (Å²) in [6.45, 7) is 0. The number of amides is 3. The Morgan fingerprint density at radius 3 is 2.07 bits per heavy atom. The molecule has 1 atom stereocenters. The topological polar surface area (TPSA) is 122 Å². The molecule has 0 fully saturated rings. The summed E-state index contributed by atoms with van der Waals surface area (Å²) in [5.41, 5.74) is 0.422. The third kappa shape index (κ3) is 5.39. The summed E-state index contributed by atoms with van der Waals surface area (Å²) in [6, 6.07) is 12.6. The second-order valence-electron chi connectivity index (χ2n) is 6.08. The van der Waals surface area contributed by atoms with E-state index < -0.39 is 34.0 Å². The molecule has 0 radical (unpaired) electrons. The molecule has 3 amide bonds. The lowest BCUT2D eigenvalue weighted by atomic mass is 10.1. The van der Waals surface area contributed by atoms with Crippen molar-refractivity contribution in [1.82, 2.24) is 14.9 Å². The van der Waals surface area contributed by atoms with Crippen molar-refractivity contribution in [2.75, 3.05) is 21.1 Å². The number of sulfonamides is 1. The molecule has 29 heavy (non-hydrogen) atoms. The molecule has 0 saturated heterocycles. The summed E-state index contributed by atoms with van der Waals surface area (Å²) in [7, 11) is 0.492. The number of imide groups is 1. The van der Waals surface area contributed by atoms with Crippen molar-refractivity contribution in [2.24, 2.45) is 0 Å². The van der Waals surface area contributed by atoms with Crippen LogP contribution in [0.3, 0.4) is 0 Å². The first-order chi connectivity index (χ1) is 13.7. The molecule has 0 heterocycles. The van der Waals surface area contributed by atoms with Crippen LogP contribution in [-0.2, 0) is 19.6 Å². The van der Waals surface area contributed by atoms with Gasteiger partial charge in [0, 0.05) is 26.7 Å². The molecule has 9 nitrogen and oxygen atoms in total. The molecule has 0 aliphatic heterocycles. The Labute approximate surface area is 168 Å². The number of benzene rings is 2. The molecular weight excluding hydrogens is 398 g/mol. The molecule has 10 heteroatoms. The molecule has 0 saturated carbocycles. The first-order valence-electron chi connectivity index (χ1n) is 8.48. The molecule has 2 rings (SSSR count). The average Bonchev–Trinajstić information content (AvgIpc) is 2.72. The maximum Gasteiger partial charge on any atom is 0.339 e. The van der Waals surface area contributed by atoms with E-state index in [1.807, 2.05) is 0 Å². The molecule has 0 aliphatic rings. The smallest absolute Gasteiger partial charge is 0.339 e. The van der Waals surface area contributed by atoms with Crippen LogP contribution in [0.1, 0.15) is 22.0 Å². The SMILES string of the molecule is CNC(=O)NC(=O)[C@@H](OC(=O)c1ccc(S(=O)(=O)N(C)C)cc1)c1ccccc1. The standard InChI is InChI=1S/C19H21N3O6S/c1-20-19(25)21-17(23)16(13-7-5-4-6-8-13)28-18(24)14-9-11-15(12-10-14)29(26,27)22(2)3/h4-12,16H,1-3H3,(H2,20,21,23,25)/t16-/m0/s1. The number of rotatable bonds is 6. The van der Waals surface area contributed by atoms with Crippen molar-refractivity contribution in [2.45, 2.75) is 11.0 Å². The molecule has 0 aromatic heterocycles. The van der Waals surface area contributed by atoms with E-state index in [1.165, 1.54) is 45.4 Å². The van der Waals surface area contributed by atoms with E-state index in [0.717, 1.165) is 4.31 Å². The summed E-state index contributed by atoms with van der Waals surface area (Å²) in [5, 5.41) is 4.32. The largest absolute Gasteiger partial charge is 0.444 e. The van der Waals surface area contributed by atoms with E-state index in [4.69, 9.17) is 4.74 Å². The summed E-state index contributed by atoms with van der Waals surface area (Å²) in [6.07, 6.45) is -1.37. The molecule has 0 spiro atoms. The van der Waals surface area contributed by atoms with Gasteiger partial charge in [0.1, 0.15) is 0 Å². The Morgan fingerprint density at radius 2 is 1.55 bits per heavy atom. The van der Waals surface area contributed by atoms with Crippen LogP contribution in [0.15, 0.2) is 59.5 Å². The minimum Gasteiger partial charge on any atom is -0.444 e. The molecule has 154 valence electrons. The number of nitrogens with zero attached hydrogens (tertiary/aromatic N) is 1. The Kier molecular flexibility index (Phi) is 7.08. The van der Waals surface area contributed by atoms with Crippen LogP contribution in [0.25, 0.3) is 0 Å². The van der Waals surface area contributed by atoms with E-state index in [0.29, 0.717) is 5.56 Å². The van der Waals surface area contributed by atoms with Crippen LogP contribution < -0.4 is 10.6 Å². The molecule has 0 bridgehead atoms. The Morgan fingerprint density at radius 1 is 0.966 bits per heavy atom. The third-order valence-electron chi connectivity index (χ3n) is 3.90. The fourth-order valence-corrected chi connectivity index (χ4v) is 3.19. The van der Waals surface area contributed by atoms with Gasteiger partial charge < -0.3 is 10.1 Å². The fourth-order valence-electron chi connectivity index (χ4n) is 2.29. The van der Waals surface area contributed by atoms with Crippen molar-refractivity contribution < 1.29 is 27.5 Å². The van der Waals surface area contributed by atoms with Crippen molar-refractivity contribution in [1.29, 1.82) is 0 Å². The van der Waals surface area contributed by atoms with Gasteiger partial charge in [-0.05, 0) is 24.3 Å². The number of esters is 1. The highest BCUT2D eigenvalue weighted by atomic mass is 32.2. The van der Waals surface area contributed by atoms with E-state index >= 15 is 0 Å². The summed E-state index contributed by atoms with van der Waals surface area (Å²) in [5.74, 6) is -1.67. The number of hydrogen-bond acceptors (Lipinski definition) is 6. The van der Waals surface area contributed by atoms with Gasteiger partial charge in [-0.25, -0.2) is 22.3 Å². The van der Waals surface area contributed by atoms with E-state index in [1.54, 1.807) is 30.3 Å². The summed E-state index contributed by atoms with van der Waals surface area (Å²) in [4.78, 5) is 36.4. The van der Waals surface area contributed by atoms with Crippen molar-refractivity contribution in [3.05, 3.63) is 65.7 Å². The van der Waals surface area contributed by atoms with Gasteiger partial charge in [-0.15, -0.1) is 0 Å². The highest BCUT2D eigenvalue weighted by Crippen LogP contribution is 2.21. The third-order valence-corrected chi connectivity index (χ3v) is 5.73. The average molecular weight is 419 g/mol. The van der Waals surface area contributed by atoms with Crippen molar-refractivity contribution in [3.8, 4) is 0 Å². The zero-order valence-electron chi connectivity index (χ0n) is 16.1. The van der Waals surface area contributed by atoms with Gasteiger partial charge in [-0.3, -0.25) is 10.1 Å². The van der Waals surface area contributed by atoms with Crippen LogP contribution in [0.4, 0.5) is 4.79 Å². The van der Waals surface area contributed by atoms with Crippen LogP contribution in [0.2, 0.25) is 0 Å². The van der Waals surface area contributed by atoms with E-state index in [2.05, 4.69) is 10.6 Å². The zero-order chi connectivity index (χ0) is 21.6. The van der Waals surface area contributed by atoms with Crippen LogP contribution >= 0.6 is 0 Å². The number of nitrogens with one attached hydrogen (secondary N) is 2. The quantitative estimate of drug-likeness (QED) is 0.681. The molecule has 2 aromatic carbocycles. The predicted octanol–water partition coefficient (Wildman–Crippen LogP) is 1.29. The van der Waals surface area contributed by atoms with Gasteiger partial charge in [0.2, 0.25) is 16.1 Å². The maximum absolute atomic E-state index is 12.5. The number of urea groups is 1. The maximum atomic E-state index is 12.5. The van der Waals surface area contributed by atoms with Crippen molar-refractivity contribution >= 4 is 27.9 Å². The number of carbonyl (C=O) groups is 3. The highest BCUT2D eigenvalue weighted by molar-refractivity contribution is 7.89. The van der Waals surface area contributed by atoms with E-state index in [-0.39, 0.29) is 10.5 Å². The van der Waals surface area contributed by atoms with Gasteiger partial charge in [-0.2, -0.15) is 0 Å². The molecule has 0 aliphatic carbocycles. The lowest BCUT2D eigenvalue weighted by Crippen LogP contribution is -2.41. The molecule has 2 aromatic rings. The van der Waals surface area contributed by atoms with Crippen molar-refractivity contribution in [3.63, 3.8) is 0 Å². The van der Waals surface area contributed by atoms with E-state index in [9.17, 15) is 22.8 Å². The second kappa shape index (κ2) is 9.30. The number of carbonyl (C=O) groups excluding carboxylic acids is 3. The summed E-state index contributed by atoms with van der Waals surface area (Å²) >= 11 is 0. The van der Waals surface area contributed by atoms with Gasteiger partial charge in [0.05, 0.1) is 10.5 Å². The molecule has 2 N–H and O–H groups in total. The Hall–Kier alpha value is -3.24. The summed E-state index contributed by atoms with van der Waals surface area (Å²) < 4.78 is 30.6. The second-order valence-corrected chi connectivity index (χ2v) is 8.23. The van der Waals surface area contributed by atoms with Crippen LogP contribution in [0.5, 0.6) is 0 Å². The lowest BCUT2D eigenvalue weighted by molar-refractivity contribution is -0.129. The molecular formula is C19H21N3O6S. The van der Waals surface area contributed by atoms with Crippen LogP contribution in [0, 0.1) is 0 Å². The minimum atomic E-state index is -3.64. The first kappa shape index (κ1) is 22.1. The Balaban J connectivity index is 2.25. The number of hydrogen-bond donors (Lipinski definition) is 2. The van der Waals surface area contributed by atoms with Gasteiger partial charge >= 0.3 is 12.0 Å². The highest BCUT2D eigenvalue weighted by Gasteiger charge is 2.27. The Bertz CT molecular complexity index is 988. The fraction of sp³-hybridized carbons (Fsp3) is 0.211. The lowest BCUT2D eigenvalue weighted by Gasteiger charge is -2.18. The van der Waals surface area contributed by atoms with Crippen LogP contribution in [-0.4, -0.2) is 51.8 Å². The normalized spacial score (nSPS) is 12.1. The minimum absolute atomic E-state index is 0.0102. The first-order valence-corrected chi connectivity index (χ1v) is 9.92. The predicted molar refractivity (Wildman–Crippen MR) is 105 cm³/mol. The number of ether oxygens (including phenoxy) is 1. The van der Waals surface area contributed by atoms with Gasteiger partial charge in [0.15, 0.2) is 0 Å².